The van der Waals surface area contributed by atoms with E-state index in [0.29, 0.717) is 25.4 Å². The average Bonchev–Trinajstić information content (AvgIpc) is 3.19. The van der Waals surface area contributed by atoms with Crippen LogP contribution in [-0.2, 0) is 23.0 Å². The monoisotopic (exact) mass is 361 g/mol. The summed E-state index contributed by atoms with van der Waals surface area (Å²) in [5.41, 5.74) is 2.40. The van der Waals surface area contributed by atoms with Gasteiger partial charge in [-0.05, 0) is 31.2 Å². The molecule has 1 aliphatic heterocycles. The molecule has 1 fully saturated rings. The SMILES string of the molecule is CCCS(=O)(=O)N1CC[C@H](Cc2ncc(C)n2Cc2ccccc2)C1. The molecule has 0 radical (unpaired) electrons. The van der Waals surface area contributed by atoms with E-state index < -0.39 is 10.0 Å². The van der Waals surface area contributed by atoms with Crippen LogP contribution >= 0.6 is 0 Å². The summed E-state index contributed by atoms with van der Waals surface area (Å²) in [6.07, 6.45) is 4.34. The standard InChI is InChI=1S/C19H27N3O2S/c1-3-11-25(23,24)21-10-9-18(14-21)12-19-20-13-16(2)22(19)15-17-7-5-4-6-8-17/h4-8,13,18H,3,9-12,14-15H2,1-2H3/t18-/m1/s1. The van der Waals surface area contributed by atoms with Gasteiger partial charge in [0, 0.05) is 37.9 Å². The lowest BCUT2D eigenvalue weighted by Crippen LogP contribution is -2.31. The minimum absolute atomic E-state index is 0.251. The molecule has 0 N–H and O–H groups in total. The molecule has 2 heterocycles. The number of nitrogens with zero attached hydrogens (tertiary/aromatic N) is 3. The van der Waals surface area contributed by atoms with E-state index in [9.17, 15) is 8.42 Å². The van der Waals surface area contributed by atoms with Crippen LogP contribution in [-0.4, -0.2) is 41.1 Å². The number of imidazole rings is 1. The number of aromatic nitrogens is 2. The van der Waals surface area contributed by atoms with Crippen LogP contribution in [0.4, 0.5) is 0 Å². The largest absolute Gasteiger partial charge is 0.328 e. The smallest absolute Gasteiger partial charge is 0.214 e. The summed E-state index contributed by atoms with van der Waals surface area (Å²) in [6, 6.07) is 10.4. The molecule has 0 spiro atoms. The second kappa shape index (κ2) is 7.70. The topological polar surface area (TPSA) is 55.2 Å². The van der Waals surface area contributed by atoms with Gasteiger partial charge in [-0.15, -0.1) is 0 Å². The summed E-state index contributed by atoms with van der Waals surface area (Å²) in [5.74, 6) is 1.66. The molecule has 5 nitrogen and oxygen atoms in total. The van der Waals surface area contributed by atoms with Crippen LogP contribution in [0.5, 0.6) is 0 Å². The Bertz CT molecular complexity index is 799. The fourth-order valence-electron chi connectivity index (χ4n) is 3.52. The number of benzene rings is 1. The van der Waals surface area contributed by atoms with Crippen molar-refractivity contribution in [3.05, 3.63) is 53.6 Å². The summed E-state index contributed by atoms with van der Waals surface area (Å²) in [4.78, 5) is 4.59. The van der Waals surface area contributed by atoms with Crippen LogP contribution in [0.2, 0.25) is 0 Å². The highest BCUT2D eigenvalue weighted by molar-refractivity contribution is 7.89. The molecule has 0 bridgehead atoms. The Morgan fingerprint density at radius 3 is 2.72 bits per heavy atom. The predicted octanol–water partition coefficient (Wildman–Crippen LogP) is 2.84. The third-order valence-corrected chi connectivity index (χ3v) is 6.94. The number of hydrogen-bond donors (Lipinski definition) is 0. The second-order valence-corrected chi connectivity index (χ2v) is 9.01. The first-order chi connectivity index (χ1) is 12.0. The highest BCUT2D eigenvalue weighted by Gasteiger charge is 2.31. The summed E-state index contributed by atoms with van der Waals surface area (Å²) >= 11 is 0. The van der Waals surface area contributed by atoms with E-state index in [2.05, 4.69) is 40.7 Å². The first-order valence-corrected chi connectivity index (χ1v) is 10.6. The molecule has 0 aliphatic carbocycles. The molecule has 6 heteroatoms. The Labute approximate surface area is 150 Å². The molecule has 1 atom stereocenters. The van der Waals surface area contributed by atoms with Crippen molar-refractivity contribution in [1.29, 1.82) is 0 Å². The first-order valence-electron chi connectivity index (χ1n) is 9.02. The average molecular weight is 362 g/mol. The van der Waals surface area contributed by atoms with Gasteiger partial charge in [0.15, 0.2) is 0 Å². The van der Waals surface area contributed by atoms with Crippen molar-refractivity contribution in [3.8, 4) is 0 Å². The third-order valence-electron chi connectivity index (χ3n) is 4.90. The van der Waals surface area contributed by atoms with Crippen LogP contribution in [0, 0.1) is 12.8 Å². The number of sulfonamides is 1. The van der Waals surface area contributed by atoms with Gasteiger partial charge in [-0.2, -0.15) is 0 Å². The minimum Gasteiger partial charge on any atom is -0.328 e. The van der Waals surface area contributed by atoms with Gasteiger partial charge in [0.2, 0.25) is 10.0 Å². The van der Waals surface area contributed by atoms with Gasteiger partial charge in [0.05, 0.1) is 5.75 Å². The Kier molecular flexibility index (Phi) is 5.59. The summed E-state index contributed by atoms with van der Waals surface area (Å²) in [5, 5.41) is 0. The van der Waals surface area contributed by atoms with Crippen molar-refractivity contribution >= 4 is 10.0 Å². The van der Waals surface area contributed by atoms with Crippen molar-refractivity contribution in [1.82, 2.24) is 13.9 Å². The highest BCUT2D eigenvalue weighted by atomic mass is 32.2. The van der Waals surface area contributed by atoms with E-state index in [1.807, 2.05) is 19.2 Å². The lowest BCUT2D eigenvalue weighted by molar-refractivity contribution is 0.450. The van der Waals surface area contributed by atoms with E-state index >= 15 is 0 Å². The zero-order chi connectivity index (χ0) is 17.9. The van der Waals surface area contributed by atoms with Crippen LogP contribution < -0.4 is 0 Å². The predicted molar refractivity (Wildman–Crippen MR) is 100.0 cm³/mol. The molecule has 1 saturated heterocycles. The van der Waals surface area contributed by atoms with E-state index in [4.69, 9.17) is 0 Å². The zero-order valence-electron chi connectivity index (χ0n) is 15.1. The van der Waals surface area contributed by atoms with E-state index in [1.54, 1.807) is 4.31 Å². The molecule has 0 amide bonds. The Morgan fingerprint density at radius 2 is 2.00 bits per heavy atom. The molecule has 1 aromatic heterocycles. The Morgan fingerprint density at radius 1 is 1.24 bits per heavy atom. The lowest BCUT2D eigenvalue weighted by atomic mass is 10.0. The molecule has 25 heavy (non-hydrogen) atoms. The number of rotatable bonds is 7. The summed E-state index contributed by atoms with van der Waals surface area (Å²) < 4.78 is 28.4. The van der Waals surface area contributed by atoms with Gasteiger partial charge in [0.25, 0.3) is 0 Å². The molecule has 0 saturated carbocycles. The van der Waals surface area contributed by atoms with Crippen molar-refractivity contribution in [2.45, 2.75) is 39.7 Å². The van der Waals surface area contributed by atoms with Gasteiger partial charge >= 0.3 is 0 Å². The second-order valence-electron chi connectivity index (χ2n) is 6.92. The van der Waals surface area contributed by atoms with Gasteiger partial charge in [-0.25, -0.2) is 17.7 Å². The molecule has 1 aliphatic rings. The normalized spacial score (nSPS) is 18.7. The maximum Gasteiger partial charge on any atom is 0.214 e. The molecule has 3 rings (SSSR count). The van der Waals surface area contributed by atoms with Crippen LogP contribution in [0.3, 0.4) is 0 Å². The third kappa shape index (κ3) is 4.30. The maximum absolute atomic E-state index is 12.2. The summed E-state index contributed by atoms with van der Waals surface area (Å²) in [6.45, 7) is 6.07. The van der Waals surface area contributed by atoms with Gasteiger partial charge < -0.3 is 4.57 Å². The van der Waals surface area contributed by atoms with Gasteiger partial charge in [-0.1, -0.05) is 37.3 Å². The van der Waals surface area contributed by atoms with E-state index in [-0.39, 0.29) is 5.75 Å². The summed E-state index contributed by atoms with van der Waals surface area (Å²) in [7, 11) is -3.08. The minimum atomic E-state index is -3.08. The van der Waals surface area contributed by atoms with E-state index in [0.717, 1.165) is 30.9 Å². The van der Waals surface area contributed by atoms with Crippen LogP contribution in [0.25, 0.3) is 0 Å². The molecule has 2 aromatic rings. The number of aryl methyl sites for hydroxylation is 1. The first kappa shape index (κ1) is 18.1. The van der Waals surface area contributed by atoms with E-state index in [1.165, 1.54) is 5.56 Å². The van der Waals surface area contributed by atoms with Crippen molar-refractivity contribution < 1.29 is 8.42 Å². The van der Waals surface area contributed by atoms with Gasteiger partial charge in [-0.3, -0.25) is 0 Å². The molecular formula is C19H27N3O2S. The fraction of sp³-hybridized carbons (Fsp3) is 0.526. The molecule has 136 valence electrons. The van der Waals surface area contributed by atoms with Crippen LogP contribution in [0.15, 0.2) is 36.5 Å². The fourth-order valence-corrected chi connectivity index (χ4v) is 5.11. The zero-order valence-corrected chi connectivity index (χ0v) is 15.9. The Balaban J connectivity index is 1.68. The van der Waals surface area contributed by atoms with Crippen molar-refractivity contribution in [2.75, 3.05) is 18.8 Å². The van der Waals surface area contributed by atoms with Crippen molar-refractivity contribution in [2.24, 2.45) is 5.92 Å². The highest BCUT2D eigenvalue weighted by Crippen LogP contribution is 2.24. The molecule has 0 unspecified atom stereocenters. The Hall–Kier alpha value is -1.66. The lowest BCUT2D eigenvalue weighted by Gasteiger charge is -2.16. The van der Waals surface area contributed by atoms with Gasteiger partial charge in [0.1, 0.15) is 5.82 Å². The molecular weight excluding hydrogens is 334 g/mol. The molecule has 1 aromatic carbocycles. The van der Waals surface area contributed by atoms with Crippen molar-refractivity contribution in [3.63, 3.8) is 0 Å². The maximum atomic E-state index is 12.2. The quantitative estimate of drug-likeness (QED) is 0.762. The number of hydrogen-bond acceptors (Lipinski definition) is 3. The van der Waals surface area contributed by atoms with Crippen LogP contribution in [0.1, 0.15) is 36.8 Å².